The summed E-state index contributed by atoms with van der Waals surface area (Å²) in [5.41, 5.74) is 7.10. The Labute approximate surface area is 121 Å². The van der Waals surface area contributed by atoms with Gasteiger partial charge >= 0.3 is 0 Å². The van der Waals surface area contributed by atoms with Gasteiger partial charge in [-0.3, -0.25) is 0 Å². The van der Waals surface area contributed by atoms with Crippen molar-refractivity contribution in [3.05, 3.63) is 22.7 Å². The Hall–Kier alpha value is -0.930. The summed E-state index contributed by atoms with van der Waals surface area (Å²) >= 11 is 6.32. The summed E-state index contributed by atoms with van der Waals surface area (Å²) in [6.07, 6.45) is 0. The first-order valence-corrected chi connectivity index (χ1v) is 7.03. The Balaban J connectivity index is 3.23. The van der Waals surface area contributed by atoms with Crippen molar-refractivity contribution < 1.29 is 9.47 Å². The minimum atomic E-state index is -0.158. The molecule has 1 aromatic rings. The molecule has 108 valence electrons. The van der Waals surface area contributed by atoms with E-state index in [2.05, 4.69) is 20.8 Å². The monoisotopic (exact) mass is 285 g/mol. The molecule has 19 heavy (non-hydrogen) atoms. The average Bonchev–Trinajstić information content (AvgIpc) is 2.31. The number of nitrogens with two attached hydrogens (primary N) is 1. The van der Waals surface area contributed by atoms with Gasteiger partial charge in [-0.1, -0.05) is 32.4 Å². The fourth-order valence-electron chi connectivity index (χ4n) is 1.79. The van der Waals surface area contributed by atoms with Crippen molar-refractivity contribution in [3.63, 3.8) is 0 Å². The van der Waals surface area contributed by atoms with Crippen LogP contribution in [0, 0.1) is 5.41 Å². The van der Waals surface area contributed by atoms with E-state index in [1.54, 1.807) is 6.07 Å². The molecule has 0 aliphatic carbocycles. The summed E-state index contributed by atoms with van der Waals surface area (Å²) in [6.45, 7) is 11.3. The molecule has 4 heteroatoms. The van der Waals surface area contributed by atoms with Crippen LogP contribution in [-0.4, -0.2) is 13.2 Å². The standard InChI is InChI=1S/C15H24ClNO2/c1-6-18-12-8-10(14(17)15(3,4)5)11(16)9-13(12)19-7-2/h8-9,14H,6-7,17H2,1-5H3. The summed E-state index contributed by atoms with van der Waals surface area (Å²) in [5.74, 6) is 1.36. The van der Waals surface area contributed by atoms with Crippen LogP contribution < -0.4 is 15.2 Å². The zero-order chi connectivity index (χ0) is 14.6. The zero-order valence-electron chi connectivity index (χ0n) is 12.4. The lowest BCUT2D eigenvalue weighted by molar-refractivity contribution is 0.285. The Morgan fingerprint density at radius 3 is 2.00 bits per heavy atom. The van der Waals surface area contributed by atoms with Gasteiger partial charge in [0.2, 0.25) is 0 Å². The molecule has 0 heterocycles. The predicted octanol–water partition coefficient (Wildman–Crippen LogP) is 4.18. The first-order chi connectivity index (χ1) is 8.81. The molecule has 3 nitrogen and oxygen atoms in total. The average molecular weight is 286 g/mol. The molecule has 1 unspecified atom stereocenters. The van der Waals surface area contributed by atoms with E-state index < -0.39 is 0 Å². The minimum absolute atomic E-state index is 0.0692. The molecule has 1 rings (SSSR count). The highest BCUT2D eigenvalue weighted by molar-refractivity contribution is 6.31. The van der Waals surface area contributed by atoms with Crippen molar-refractivity contribution in [2.24, 2.45) is 11.1 Å². The number of benzene rings is 1. The Kier molecular flexibility index (Phi) is 5.50. The molecule has 0 saturated heterocycles. The molecule has 2 N–H and O–H groups in total. The summed E-state index contributed by atoms with van der Waals surface area (Å²) in [7, 11) is 0. The molecular formula is C15H24ClNO2. The molecule has 0 amide bonds. The molecule has 0 aliphatic rings. The molecule has 0 bridgehead atoms. The highest BCUT2D eigenvalue weighted by Gasteiger charge is 2.25. The minimum Gasteiger partial charge on any atom is -0.490 e. The topological polar surface area (TPSA) is 44.5 Å². The summed E-state index contributed by atoms with van der Waals surface area (Å²) in [5, 5.41) is 0.620. The van der Waals surface area contributed by atoms with Gasteiger partial charge in [-0.2, -0.15) is 0 Å². The lowest BCUT2D eigenvalue weighted by Crippen LogP contribution is -2.26. The van der Waals surface area contributed by atoms with Gasteiger partial charge in [0.25, 0.3) is 0 Å². The van der Waals surface area contributed by atoms with E-state index >= 15 is 0 Å². The second kappa shape index (κ2) is 6.49. The molecule has 0 spiro atoms. The van der Waals surface area contributed by atoms with Gasteiger partial charge in [-0.15, -0.1) is 0 Å². The third kappa shape index (κ3) is 4.02. The molecule has 0 radical (unpaired) electrons. The first kappa shape index (κ1) is 16.1. The fraction of sp³-hybridized carbons (Fsp3) is 0.600. The van der Waals surface area contributed by atoms with Crippen LogP contribution in [0.4, 0.5) is 0 Å². The van der Waals surface area contributed by atoms with Gasteiger partial charge in [0.15, 0.2) is 11.5 Å². The summed E-state index contributed by atoms with van der Waals surface area (Å²) < 4.78 is 11.1. The highest BCUT2D eigenvalue weighted by Crippen LogP contribution is 2.40. The smallest absolute Gasteiger partial charge is 0.162 e. The van der Waals surface area contributed by atoms with Crippen molar-refractivity contribution in [1.29, 1.82) is 0 Å². The van der Waals surface area contributed by atoms with E-state index in [9.17, 15) is 0 Å². The Morgan fingerprint density at radius 2 is 1.58 bits per heavy atom. The second-order valence-corrected chi connectivity index (χ2v) is 5.94. The third-order valence-corrected chi connectivity index (χ3v) is 3.26. The van der Waals surface area contributed by atoms with Crippen molar-refractivity contribution in [3.8, 4) is 11.5 Å². The molecular weight excluding hydrogens is 262 g/mol. The molecule has 0 fully saturated rings. The van der Waals surface area contributed by atoms with Crippen molar-refractivity contribution in [2.45, 2.75) is 40.7 Å². The summed E-state index contributed by atoms with van der Waals surface area (Å²) in [4.78, 5) is 0. The van der Waals surface area contributed by atoms with Crippen LogP contribution >= 0.6 is 11.6 Å². The number of rotatable bonds is 5. The first-order valence-electron chi connectivity index (χ1n) is 6.65. The Morgan fingerprint density at radius 1 is 1.11 bits per heavy atom. The molecule has 1 atom stereocenters. The lowest BCUT2D eigenvalue weighted by atomic mass is 9.83. The van der Waals surface area contributed by atoms with Gasteiger partial charge in [-0.25, -0.2) is 0 Å². The highest BCUT2D eigenvalue weighted by atomic mass is 35.5. The van der Waals surface area contributed by atoms with E-state index in [1.807, 2.05) is 19.9 Å². The van der Waals surface area contributed by atoms with Gasteiger partial charge in [0.1, 0.15) is 0 Å². The molecule has 1 aromatic carbocycles. The molecule has 0 aromatic heterocycles. The number of hydrogen-bond acceptors (Lipinski definition) is 3. The molecule has 0 aliphatic heterocycles. The van der Waals surface area contributed by atoms with Crippen LogP contribution in [0.3, 0.4) is 0 Å². The number of halogens is 1. The van der Waals surface area contributed by atoms with Crippen LogP contribution in [0.15, 0.2) is 12.1 Å². The zero-order valence-corrected chi connectivity index (χ0v) is 13.2. The van der Waals surface area contributed by atoms with Crippen molar-refractivity contribution >= 4 is 11.6 Å². The van der Waals surface area contributed by atoms with E-state index in [0.29, 0.717) is 29.7 Å². The van der Waals surface area contributed by atoms with E-state index in [4.69, 9.17) is 26.8 Å². The van der Waals surface area contributed by atoms with Crippen LogP contribution in [0.5, 0.6) is 11.5 Å². The maximum absolute atomic E-state index is 6.32. The maximum atomic E-state index is 6.32. The van der Waals surface area contributed by atoms with Gasteiger partial charge in [0.05, 0.1) is 13.2 Å². The van der Waals surface area contributed by atoms with Crippen molar-refractivity contribution in [1.82, 2.24) is 0 Å². The van der Waals surface area contributed by atoms with E-state index in [1.165, 1.54) is 0 Å². The lowest BCUT2D eigenvalue weighted by Gasteiger charge is -2.28. The molecule has 0 saturated carbocycles. The summed E-state index contributed by atoms with van der Waals surface area (Å²) in [6, 6.07) is 3.53. The van der Waals surface area contributed by atoms with Crippen LogP contribution in [0.25, 0.3) is 0 Å². The van der Waals surface area contributed by atoms with E-state index in [-0.39, 0.29) is 11.5 Å². The van der Waals surface area contributed by atoms with Crippen LogP contribution in [0.2, 0.25) is 5.02 Å². The fourth-order valence-corrected chi connectivity index (χ4v) is 2.06. The SMILES string of the molecule is CCOc1cc(Cl)c(C(N)C(C)(C)C)cc1OCC. The quantitative estimate of drug-likeness (QED) is 0.882. The number of hydrogen-bond donors (Lipinski definition) is 1. The number of ether oxygens (including phenoxy) is 2. The van der Waals surface area contributed by atoms with Crippen molar-refractivity contribution in [2.75, 3.05) is 13.2 Å². The van der Waals surface area contributed by atoms with Crippen LogP contribution in [0.1, 0.15) is 46.2 Å². The van der Waals surface area contributed by atoms with Gasteiger partial charge in [-0.05, 0) is 30.9 Å². The predicted molar refractivity (Wildman–Crippen MR) is 80.2 cm³/mol. The second-order valence-electron chi connectivity index (χ2n) is 5.53. The maximum Gasteiger partial charge on any atom is 0.162 e. The van der Waals surface area contributed by atoms with Crippen LogP contribution in [-0.2, 0) is 0 Å². The van der Waals surface area contributed by atoms with Gasteiger partial charge in [0, 0.05) is 17.1 Å². The Bertz CT molecular complexity index is 427. The third-order valence-electron chi connectivity index (χ3n) is 2.93. The normalized spacial score (nSPS) is 13.2. The largest absolute Gasteiger partial charge is 0.490 e. The van der Waals surface area contributed by atoms with Gasteiger partial charge < -0.3 is 15.2 Å². The van der Waals surface area contributed by atoms with E-state index in [0.717, 1.165) is 5.56 Å².